The summed E-state index contributed by atoms with van der Waals surface area (Å²) in [5.41, 5.74) is -0.0929. The molecule has 1 aromatic carbocycles. The molecule has 1 aliphatic carbocycles. The first-order valence-corrected chi connectivity index (χ1v) is 10.1. The number of imide groups is 1. The van der Waals surface area contributed by atoms with Gasteiger partial charge >= 0.3 is 0 Å². The van der Waals surface area contributed by atoms with Gasteiger partial charge in [-0.15, -0.1) is 0 Å². The molecule has 2 fully saturated rings. The van der Waals surface area contributed by atoms with Crippen LogP contribution in [-0.2, 0) is 14.4 Å². The SMILES string of the molecule is CCOc1ccc(NC(=O)CCCN2C(=O)C3CCC(C)(C2=O)C3(C)C)cc1. The van der Waals surface area contributed by atoms with Crippen LogP contribution in [0.25, 0.3) is 0 Å². The third kappa shape index (κ3) is 3.40. The van der Waals surface area contributed by atoms with E-state index in [2.05, 4.69) is 5.32 Å². The van der Waals surface area contributed by atoms with Crippen molar-refractivity contribution < 1.29 is 19.1 Å². The Labute approximate surface area is 166 Å². The lowest BCUT2D eigenvalue weighted by molar-refractivity contribution is -0.168. The van der Waals surface area contributed by atoms with Crippen LogP contribution in [0.5, 0.6) is 5.75 Å². The molecule has 3 amide bonds. The van der Waals surface area contributed by atoms with Crippen LogP contribution in [0.4, 0.5) is 5.69 Å². The molecule has 1 N–H and O–H groups in total. The van der Waals surface area contributed by atoms with Gasteiger partial charge in [-0.1, -0.05) is 20.8 Å². The van der Waals surface area contributed by atoms with Gasteiger partial charge in [-0.2, -0.15) is 0 Å². The maximum Gasteiger partial charge on any atom is 0.235 e. The summed E-state index contributed by atoms with van der Waals surface area (Å²) in [6.07, 6.45) is 2.24. The number of hydrogen-bond acceptors (Lipinski definition) is 4. The van der Waals surface area contributed by atoms with Crippen LogP contribution < -0.4 is 10.1 Å². The molecule has 2 atom stereocenters. The van der Waals surface area contributed by atoms with E-state index < -0.39 is 5.41 Å². The minimum Gasteiger partial charge on any atom is -0.494 e. The van der Waals surface area contributed by atoms with Crippen molar-refractivity contribution in [2.45, 2.75) is 53.4 Å². The highest BCUT2D eigenvalue weighted by Gasteiger charge is 2.64. The second kappa shape index (κ2) is 7.57. The number of rotatable bonds is 7. The fourth-order valence-electron chi connectivity index (χ4n) is 4.54. The van der Waals surface area contributed by atoms with Crippen LogP contribution in [0.3, 0.4) is 0 Å². The Bertz CT molecular complexity index is 771. The van der Waals surface area contributed by atoms with Crippen molar-refractivity contribution in [1.29, 1.82) is 0 Å². The molecule has 1 heterocycles. The van der Waals surface area contributed by atoms with E-state index in [9.17, 15) is 14.4 Å². The first kappa shape index (κ1) is 20.4. The van der Waals surface area contributed by atoms with Gasteiger partial charge in [0, 0.05) is 24.6 Å². The highest BCUT2D eigenvalue weighted by Crippen LogP contribution is 2.60. The highest BCUT2D eigenvalue weighted by molar-refractivity contribution is 6.03. The van der Waals surface area contributed by atoms with Gasteiger partial charge in [0.05, 0.1) is 12.0 Å². The van der Waals surface area contributed by atoms with E-state index in [0.29, 0.717) is 25.3 Å². The number of benzene rings is 1. The van der Waals surface area contributed by atoms with E-state index in [1.165, 1.54) is 4.90 Å². The average molecular weight is 386 g/mol. The Morgan fingerprint density at radius 1 is 1.21 bits per heavy atom. The van der Waals surface area contributed by atoms with Gasteiger partial charge in [-0.05, 0) is 55.9 Å². The lowest BCUT2D eigenvalue weighted by Gasteiger charge is -2.47. The summed E-state index contributed by atoms with van der Waals surface area (Å²) in [6.45, 7) is 8.85. The minimum atomic E-state index is -0.490. The number of nitrogens with zero attached hydrogens (tertiary/aromatic N) is 1. The molecule has 0 spiro atoms. The van der Waals surface area contributed by atoms with Crippen LogP contribution in [0.2, 0.25) is 0 Å². The standard InChI is InChI=1S/C22H30N2O4/c1-5-28-16-10-8-15(9-11-16)23-18(25)7-6-14-24-19(26)17-12-13-22(4,20(24)27)21(17,2)3/h8-11,17H,5-7,12-14H2,1-4H3,(H,23,25). The molecule has 1 aliphatic heterocycles. The molecule has 1 saturated carbocycles. The smallest absolute Gasteiger partial charge is 0.235 e. The fourth-order valence-corrected chi connectivity index (χ4v) is 4.54. The van der Waals surface area contributed by atoms with Gasteiger partial charge < -0.3 is 10.1 Å². The van der Waals surface area contributed by atoms with Gasteiger partial charge in [0.2, 0.25) is 17.7 Å². The molecule has 6 heteroatoms. The molecular weight excluding hydrogens is 356 g/mol. The summed E-state index contributed by atoms with van der Waals surface area (Å²) in [4.78, 5) is 39.4. The number of amides is 3. The maximum atomic E-state index is 13.0. The Morgan fingerprint density at radius 2 is 1.89 bits per heavy atom. The van der Waals surface area contributed by atoms with Crippen molar-refractivity contribution in [3.63, 3.8) is 0 Å². The van der Waals surface area contributed by atoms with Gasteiger partial charge in [-0.25, -0.2) is 0 Å². The third-order valence-electron chi connectivity index (χ3n) is 6.74. The molecule has 28 heavy (non-hydrogen) atoms. The summed E-state index contributed by atoms with van der Waals surface area (Å²) < 4.78 is 5.38. The molecule has 1 saturated heterocycles. The first-order valence-electron chi connectivity index (χ1n) is 10.1. The van der Waals surface area contributed by atoms with Crippen molar-refractivity contribution in [3.8, 4) is 5.75 Å². The van der Waals surface area contributed by atoms with Gasteiger partial charge in [0.1, 0.15) is 5.75 Å². The van der Waals surface area contributed by atoms with Gasteiger partial charge in [0.15, 0.2) is 0 Å². The zero-order valence-corrected chi connectivity index (χ0v) is 17.2. The van der Waals surface area contributed by atoms with Gasteiger partial charge in [0.25, 0.3) is 0 Å². The molecule has 6 nitrogen and oxygen atoms in total. The Balaban J connectivity index is 1.53. The molecule has 2 bridgehead atoms. The number of likely N-dealkylation sites (tertiary alicyclic amines) is 1. The van der Waals surface area contributed by atoms with Crippen molar-refractivity contribution in [2.24, 2.45) is 16.7 Å². The van der Waals surface area contributed by atoms with Crippen LogP contribution >= 0.6 is 0 Å². The predicted molar refractivity (Wildman–Crippen MR) is 107 cm³/mol. The van der Waals surface area contributed by atoms with E-state index in [-0.39, 0.29) is 35.5 Å². The largest absolute Gasteiger partial charge is 0.494 e. The van der Waals surface area contributed by atoms with Crippen LogP contribution in [-0.4, -0.2) is 35.8 Å². The summed E-state index contributed by atoms with van der Waals surface area (Å²) in [5.74, 6) is 0.372. The second-order valence-corrected chi connectivity index (χ2v) is 8.55. The van der Waals surface area contributed by atoms with E-state index in [1.807, 2.05) is 39.8 Å². The quantitative estimate of drug-likeness (QED) is 0.726. The normalized spacial score (nSPS) is 25.7. The molecule has 3 rings (SSSR count). The summed E-state index contributed by atoms with van der Waals surface area (Å²) >= 11 is 0. The number of hydrogen-bond donors (Lipinski definition) is 1. The zero-order chi connectivity index (χ0) is 20.5. The Hall–Kier alpha value is -2.37. The second-order valence-electron chi connectivity index (χ2n) is 8.55. The Kier molecular flexibility index (Phi) is 5.50. The van der Waals surface area contributed by atoms with E-state index in [0.717, 1.165) is 18.6 Å². The molecule has 2 unspecified atom stereocenters. The van der Waals surface area contributed by atoms with E-state index in [4.69, 9.17) is 4.74 Å². The van der Waals surface area contributed by atoms with Crippen LogP contribution in [0.15, 0.2) is 24.3 Å². The van der Waals surface area contributed by atoms with E-state index in [1.54, 1.807) is 12.1 Å². The predicted octanol–water partition coefficient (Wildman–Crippen LogP) is 3.62. The minimum absolute atomic E-state index is 0.0723. The lowest BCUT2D eigenvalue weighted by Crippen LogP contribution is -2.59. The topological polar surface area (TPSA) is 75.7 Å². The summed E-state index contributed by atoms with van der Waals surface area (Å²) in [5, 5.41) is 2.84. The Morgan fingerprint density at radius 3 is 2.54 bits per heavy atom. The van der Waals surface area contributed by atoms with Gasteiger partial charge in [-0.3, -0.25) is 19.3 Å². The van der Waals surface area contributed by atoms with Crippen molar-refractivity contribution >= 4 is 23.4 Å². The molecule has 152 valence electrons. The first-order chi connectivity index (χ1) is 13.2. The van der Waals surface area contributed by atoms with Crippen molar-refractivity contribution in [1.82, 2.24) is 4.90 Å². The fraction of sp³-hybridized carbons (Fsp3) is 0.591. The molecule has 0 radical (unpaired) electrons. The average Bonchev–Trinajstić information content (AvgIpc) is 2.84. The van der Waals surface area contributed by atoms with Crippen LogP contribution in [0, 0.1) is 16.7 Å². The summed E-state index contributed by atoms with van der Waals surface area (Å²) in [7, 11) is 0. The summed E-state index contributed by atoms with van der Waals surface area (Å²) in [6, 6.07) is 7.20. The molecule has 2 aliphatic rings. The van der Waals surface area contributed by atoms with E-state index >= 15 is 0 Å². The number of anilines is 1. The number of carbonyl (C=O) groups is 3. The van der Waals surface area contributed by atoms with Crippen molar-refractivity contribution in [3.05, 3.63) is 24.3 Å². The molecule has 1 aromatic rings. The number of carbonyl (C=O) groups excluding carboxylic acids is 3. The maximum absolute atomic E-state index is 13.0. The number of ether oxygens (including phenoxy) is 1. The number of piperidine rings is 1. The number of fused-ring (bicyclic) bond motifs is 2. The molecule has 0 aromatic heterocycles. The number of nitrogens with one attached hydrogen (secondary N) is 1. The van der Waals surface area contributed by atoms with Crippen molar-refractivity contribution in [2.75, 3.05) is 18.5 Å². The lowest BCUT2D eigenvalue weighted by atomic mass is 9.62. The third-order valence-corrected chi connectivity index (χ3v) is 6.74. The van der Waals surface area contributed by atoms with Crippen LogP contribution in [0.1, 0.15) is 53.4 Å². The molecular formula is C22H30N2O4. The monoisotopic (exact) mass is 386 g/mol. The highest BCUT2D eigenvalue weighted by atomic mass is 16.5. The zero-order valence-electron chi connectivity index (χ0n) is 17.2.